The third kappa shape index (κ3) is 5.15. The van der Waals surface area contributed by atoms with Gasteiger partial charge in [0.25, 0.3) is 0 Å². The number of nitrogens with one attached hydrogen (secondary N) is 1. The van der Waals surface area contributed by atoms with Gasteiger partial charge >= 0.3 is 0 Å². The SMILES string of the molecule is O=C(Nc1ccccc1)C1CCN(C(=O)CN2CCCCC2C2OCCO2)CC1. The standard InChI is InChI=1S/C22H31N3O4/c26-20(16-25-11-5-4-8-19(25)22-28-14-15-29-22)24-12-9-17(10-13-24)21(27)23-18-6-2-1-3-7-18/h1-3,6-7,17,19,22H,4-5,8-16H2,(H,23,27). The summed E-state index contributed by atoms with van der Waals surface area (Å²) in [7, 11) is 0. The van der Waals surface area contributed by atoms with Crippen molar-refractivity contribution in [1.29, 1.82) is 0 Å². The number of carbonyl (C=O) groups is 2. The minimum atomic E-state index is -0.199. The van der Waals surface area contributed by atoms with Gasteiger partial charge in [-0.25, -0.2) is 0 Å². The molecule has 0 radical (unpaired) electrons. The zero-order chi connectivity index (χ0) is 20.1. The van der Waals surface area contributed by atoms with Crippen LogP contribution in [0.1, 0.15) is 32.1 Å². The van der Waals surface area contributed by atoms with Gasteiger partial charge in [-0.05, 0) is 44.4 Å². The molecule has 1 N–H and O–H groups in total. The van der Waals surface area contributed by atoms with Gasteiger partial charge in [0.2, 0.25) is 11.8 Å². The molecular weight excluding hydrogens is 370 g/mol. The lowest BCUT2D eigenvalue weighted by molar-refractivity contribution is -0.142. The highest BCUT2D eigenvalue weighted by Gasteiger charge is 2.36. The fourth-order valence-corrected chi connectivity index (χ4v) is 4.55. The first kappa shape index (κ1) is 20.3. The van der Waals surface area contributed by atoms with Crippen LogP contribution in [0.4, 0.5) is 5.69 Å². The summed E-state index contributed by atoms with van der Waals surface area (Å²) < 4.78 is 11.4. The number of anilines is 1. The first-order chi connectivity index (χ1) is 14.2. The summed E-state index contributed by atoms with van der Waals surface area (Å²) in [4.78, 5) is 29.5. The van der Waals surface area contributed by atoms with E-state index >= 15 is 0 Å². The van der Waals surface area contributed by atoms with Crippen molar-refractivity contribution < 1.29 is 19.1 Å². The number of para-hydroxylation sites is 1. The van der Waals surface area contributed by atoms with Crippen molar-refractivity contribution in [3.8, 4) is 0 Å². The van der Waals surface area contributed by atoms with E-state index in [1.165, 1.54) is 0 Å². The molecule has 0 bridgehead atoms. The van der Waals surface area contributed by atoms with Gasteiger partial charge in [-0.2, -0.15) is 0 Å². The zero-order valence-corrected chi connectivity index (χ0v) is 16.9. The average Bonchev–Trinajstić information content (AvgIpc) is 3.30. The molecule has 3 saturated heterocycles. The predicted octanol–water partition coefficient (Wildman–Crippen LogP) is 2.09. The van der Waals surface area contributed by atoms with Crippen LogP contribution >= 0.6 is 0 Å². The van der Waals surface area contributed by atoms with Gasteiger partial charge in [-0.3, -0.25) is 14.5 Å². The third-order valence-corrected chi connectivity index (χ3v) is 6.22. The quantitative estimate of drug-likeness (QED) is 0.818. The molecule has 3 aliphatic heterocycles. The molecule has 1 aromatic rings. The smallest absolute Gasteiger partial charge is 0.236 e. The Kier molecular flexibility index (Phi) is 6.79. The van der Waals surface area contributed by atoms with Crippen LogP contribution in [-0.4, -0.2) is 73.3 Å². The van der Waals surface area contributed by atoms with E-state index in [1.807, 2.05) is 35.2 Å². The summed E-state index contributed by atoms with van der Waals surface area (Å²) in [6, 6.07) is 9.70. The van der Waals surface area contributed by atoms with E-state index in [9.17, 15) is 9.59 Å². The largest absolute Gasteiger partial charge is 0.349 e. The molecule has 0 spiro atoms. The fraction of sp³-hybridized carbons (Fsp3) is 0.636. The molecular formula is C22H31N3O4. The van der Waals surface area contributed by atoms with Crippen molar-refractivity contribution in [3.63, 3.8) is 0 Å². The highest BCUT2D eigenvalue weighted by molar-refractivity contribution is 5.92. The van der Waals surface area contributed by atoms with Crippen molar-refractivity contribution in [3.05, 3.63) is 30.3 Å². The molecule has 4 rings (SSSR count). The molecule has 0 aliphatic carbocycles. The van der Waals surface area contributed by atoms with Crippen LogP contribution in [0.15, 0.2) is 30.3 Å². The summed E-state index contributed by atoms with van der Waals surface area (Å²) in [6.45, 7) is 3.88. The van der Waals surface area contributed by atoms with Gasteiger partial charge in [0.1, 0.15) is 0 Å². The Labute approximate surface area is 172 Å². The Morgan fingerprint density at radius 3 is 2.41 bits per heavy atom. The van der Waals surface area contributed by atoms with Gasteiger partial charge in [0.05, 0.1) is 25.8 Å². The molecule has 0 aromatic heterocycles. The molecule has 1 unspecified atom stereocenters. The maximum atomic E-state index is 12.9. The maximum absolute atomic E-state index is 12.9. The molecule has 29 heavy (non-hydrogen) atoms. The van der Waals surface area contributed by atoms with Crippen molar-refractivity contribution in [2.24, 2.45) is 5.92 Å². The van der Waals surface area contributed by atoms with Crippen molar-refractivity contribution in [2.45, 2.75) is 44.4 Å². The van der Waals surface area contributed by atoms with Crippen LogP contribution in [0.2, 0.25) is 0 Å². The van der Waals surface area contributed by atoms with Crippen molar-refractivity contribution >= 4 is 17.5 Å². The third-order valence-electron chi connectivity index (χ3n) is 6.22. The first-order valence-corrected chi connectivity index (χ1v) is 10.8. The van der Waals surface area contributed by atoms with E-state index in [0.717, 1.165) is 31.5 Å². The number of likely N-dealkylation sites (tertiary alicyclic amines) is 2. The second-order valence-corrected chi connectivity index (χ2v) is 8.15. The number of carbonyl (C=O) groups excluding carboxylic acids is 2. The van der Waals surface area contributed by atoms with E-state index in [2.05, 4.69) is 10.2 Å². The molecule has 3 heterocycles. The Balaban J connectivity index is 1.25. The van der Waals surface area contributed by atoms with Crippen molar-refractivity contribution in [2.75, 3.05) is 44.7 Å². The van der Waals surface area contributed by atoms with E-state index in [1.54, 1.807) is 0 Å². The molecule has 1 aromatic carbocycles. The van der Waals surface area contributed by atoms with Gasteiger partial charge in [0, 0.05) is 24.7 Å². The van der Waals surface area contributed by atoms with E-state index in [4.69, 9.17) is 9.47 Å². The van der Waals surface area contributed by atoms with Crippen LogP contribution in [-0.2, 0) is 19.1 Å². The van der Waals surface area contributed by atoms with Crippen LogP contribution in [0, 0.1) is 5.92 Å². The number of piperidine rings is 2. The number of hydrogen-bond acceptors (Lipinski definition) is 5. The second-order valence-electron chi connectivity index (χ2n) is 8.15. The van der Waals surface area contributed by atoms with Crippen molar-refractivity contribution in [1.82, 2.24) is 9.80 Å². The fourth-order valence-electron chi connectivity index (χ4n) is 4.55. The normalized spacial score (nSPS) is 24.6. The van der Waals surface area contributed by atoms with Crippen LogP contribution in [0.25, 0.3) is 0 Å². The highest BCUT2D eigenvalue weighted by atomic mass is 16.7. The van der Waals surface area contributed by atoms with Gasteiger partial charge in [-0.15, -0.1) is 0 Å². The van der Waals surface area contributed by atoms with E-state index in [-0.39, 0.29) is 30.1 Å². The number of ether oxygens (including phenoxy) is 2. The molecule has 1 atom stereocenters. The van der Waals surface area contributed by atoms with Gasteiger partial charge < -0.3 is 19.7 Å². The minimum Gasteiger partial charge on any atom is -0.349 e. The summed E-state index contributed by atoms with van der Waals surface area (Å²) in [5.74, 6) is 0.161. The summed E-state index contributed by atoms with van der Waals surface area (Å²) in [5.41, 5.74) is 0.823. The van der Waals surface area contributed by atoms with Gasteiger partial charge in [0.15, 0.2) is 6.29 Å². The summed E-state index contributed by atoms with van der Waals surface area (Å²) >= 11 is 0. The first-order valence-electron chi connectivity index (χ1n) is 10.8. The van der Waals surface area contributed by atoms with Gasteiger partial charge in [-0.1, -0.05) is 24.6 Å². The molecule has 7 heteroatoms. The monoisotopic (exact) mass is 401 g/mol. The zero-order valence-electron chi connectivity index (χ0n) is 16.9. The number of rotatable bonds is 5. The molecule has 7 nitrogen and oxygen atoms in total. The lowest BCUT2D eigenvalue weighted by atomic mass is 9.95. The Hall–Kier alpha value is -1.96. The van der Waals surface area contributed by atoms with E-state index < -0.39 is 0 Å². The Morgan fingerprint density at radius 2 is 1.69 bits per heavy atom. The maximum Gasteiger partial charge on any atom is 0.236 e. The number of benzene rings is 1. The van der Waals surface area contributed by atoms with E-state index in [0.29, 0.717) is 45.7 Å². The number of nitrogens with zero attached hydrogens (tertiary/aromatic N) is 2. The Morgan fingerprint density at radius 1 is 0.966 bits per heavy atom. The number of hydrogen-bond donors (Lipinski definition) is 1. The Bertz CT molecular complexity index is 685. The highest BCUT2D eigenvalue weighted by Crippen LogP contribution is 2.25. The molecule has 0 saturated carbocycles. The number of amides is 2. The molecule has 2 amide bonds. The lowest BCUT2D eigenvalue weighted by Gasteiger charge is -2.39. The van der Waals surface area contributed by atoms with Crippen LogP contribution < -0.4 is 5.32 Å². The summed E-state index contributed by atoms with van der Waals surface area (Å²) in [6.07, 6.45) is 4.50. The molecule has 158 valence electrons. The average molecular weight is 402 g/mol. The second kappa shape index (κ2) is 9.69. The topological polar surface area (TPSA) is 71.1 Å². The van der Waals surface area contributed by atoms with Crippen LogP contribution in [0.5, 0.6) is 0 Å². The predicted molar refractivity (Wildman–Crippen MR) is 109 cm³/mol. The molecule has 3 fully saturated rings. The lowest BCUT2D eigenvalue weighted by Crippen LogP contribution is -2.52. The van der Waals surface area contributed by atoms with Crippen LogP contribution in [0.3, 0.4) is 0 Å². The summed E-state index contributed by atoms with van der Waals surface area (Å²) in [5, 5.41) is 2.98. The molecule has 3 aliphatic rings. The minimum absolute atomic E-state index is 0.0396.